The average molecular weight is 350 g/mol. The Morgan fingerprint density at radius 3 is 2.71 bits per heavy atom. The number of hydrogen-bond donors (Lipinski definition) is 2. The lowest BCUT2D eigenvalue weighted by Crippen LogP contribution is -2.23. The van der Waals surface area contributed by atoms with Crippen LogP contribution in [0.25, 0.3) is 0 Å². The van der Waals surface area contributed by atoms with Crippen LogP contribution in [0.3, 0.4) is 0 Å². The minimum absolute atomic E-state index is 0.180. The molecule has 2 aliphatic heterocycles. The molecule has 0 bridgehead atoms. The number of nitrogens with one attached hydrogen (secondary N) is 2. The van der Waals surface area contributed by atoms with Crippen molar-refractivity contribution < 1.29 is 13.2 Å². The predicted molar refractivity (Wildman–Crippen MR) is 89.7 cm³/mol. The standard InChI is InChI=1S/C18H17F3N2S/c19-18(20,21)12-8-15(23-13-5-6-22-10-13)14-7-11-3-1-2-4-16(11)24-17(14)9-12/h1-4,8-9,13,22-23H,5-7,10H2. The lowest BCUT2D eigenvalue weighted by atomic mass is 9.99. The third-order valence-electron chi connectivity index (χ3n) is 4.52. The number of rotatable bonds is 2. The van der Waals surface area contributed by atoms with Gasteiger partial charge < -0.3 is 10.6 Å². The molecule has 4 rings (SSSR count). The van der Waals surface area contributed by atoms with Crippen LogP contribution in [0.2, 0.25) is 0 Å². The zero-order valence-corrected chi connectivity index (χ0v) is 13.7. The first-order chi connectivity index (χ1) is 11.5. The second-order valence-corrected chi connectivity index (χ2v) is 7.30. The molecule has 0 spiro atoms. The summed E-state index contributed by atoms with van der Waals surface area (Å²) >= 11 is 1.43. The smallest absolute Gasteiger partial charge is 0.381 e. The fourth-order valence-corrected chi connectivity index (χ4v) is 4.41. The summed E-state index contributed by atoms with van der Waals surface area (Å²) in [6.45, 7) is 1.69. The van der Waals surface area contributed by atoms with Crippen LogP contribution in [0, 0.1) is 0 Å². The van der Waals surface area contributed by atoms with Crippen LogP contribution in [-0.2, 0) is 12.6 Å². The molecule has 24 heavy (non-hydrogen) atoms. The van der Waals surface area contributed by atoms with E-state index in [0.717, 1.165) is 30.0 Å². The van der Waals surface area contributed by atoms with Gasteiger partial charge in [0.05, 0.1) is 5.56 Å². The second-order valence-electron chi connectivity index (χ2n) is 6.22. The van der Waals surface area contributed by atoms with Gasteiger partial charge in [0.2, 0.25) is 0 Å². The Kier molecular flexibility index (Phi) is 3.96. The maximum absolute atomic E-state index is 13.3. The summed E-state index contributed by atoms with van der Waals surface area (Å²) in [6, 6.07) is 10.6. The van der Waals surface area contributed by atoms with Gasteiger partial charge in [-0.3, -0.25) is 0 Å². The number of benzene rings is 2. The Bertz CT molecular complexity index is 767. The molecule has 2 N–H and O–H groups in total. The van der Waals surface area contributed by atoms with Gasteiger partial charge in [-0.1, -0.05) is 30.0 Å². The van der Waals surface area contributed by atoms with Gasteiger partial charge in [0, 0.05) is 34.5 Å². The summed E-state index contributed by atoms with van der Waals surface area (Å²) < 4.78 is 39.9. The summed E-state index contributed by atoms with van der Waals surface area (Å²) in [4.78, 5) is 1.75. The molecule has 0 saturated carbocycles. The Morgan fingerprint density at radius 2 is 1.96 bits per heavy atom. The molecule has 2 aromatic carbocycles. The molecule has 1 atom stereocenters. The quantitative estimate of drug-likeness (QED) is 0.710. The highest BCUT2D eigenvalue weighted by Gasteiger charge is 2.33. The third-order valence-corrected chi connectivity index (χ3v) is 5.72. The van der Waals surface area contributed by atoms with E-state index in [2.05, 4.69) is 10.6 Å². The van der Waals surface area contributed by atoms with E-state index in [-0.39, 0.29) is 6.04 Å². The van der Waals surface area contributed by atoms with Crippen molar-refractivity contribution in [2.24, 2.45) is 0 Å². The molecule has 2 heterocycles. The van der Waals surface area contributed by atoms with Crippen molar-refractivity contribution in [3.05, 3.63) is 53.1 Å². The number of fused-ring (bicyclic) bond motifs is 2. The van der Waals surface area contributed by atoms with Gasteiger partial charge in [0.1, 0.15) is 0 Å². The highest BCUT2D eigenvalue weighted by molar-refractivity contribution is 7.99. The van der Waals surface area contributed by atoms with Gasteiger partial charge in [-0.25, -0.2) is 0 Å². The fourth-order valence-electron chi connectivity index (χ4n) is 3.27. The minimum Gasteiger partial charge on any atom is -0.381 e. The van der Waals surface area contributed by atoms with E-state index in [1.165, 1.54) is 29.5 Å². The Labute approximate surface area is 142 Å². The maximum atomic E-state index is 13.3. The monoisotopic (exact) mass is 350 g/mol. The summed E-state index contributed by atoms with van der Waals surface area (Å²) in [5.74, 6) is 0. The van der Waals surface area contributed by atoms with Crippen LogP contribution in [0.5, 0.6) is 0 Å². The molecule has 1 fully saturated rings. The summed E-state index contributed by atoms with van der Waals surface area (Å²) in [6.07, 6.45) is -2.75. The third kappa shape index (κ3) is 3.00. The van der Waals surface area contributed by atoms with Gasteiger partial charge >= 0.3 is 6.18 Å². The van der Waals surface area contributed by atoms with E-state index in [4.69, 9.17) is 0 Å². The van der Waals surface area contributed by atoms with E-state index >= 15 is 0 Å². The van der Waals surface area contributed by atoms with Gasteiger partial charge in [0.15, 0.2) is 0 Å². The molecule has 1 unspecified atom stereocenters. The molecule has 2 aromatic rings. The van der Waals surface area contributed by atoms with Gasteiger partial charge in [-0.15, -0.1) is 0 Å². The first-order valence-electron chi connectivity index (χ1n) is 7.98. The number of hydrogen-bond acceptors (Lipinski definition) is 3. The van der Waals surface area contributed by atoms with Crippen molar-refractivity contribution in [2.45, 2.75) is 34.9 Å². The van der Waals surface area contributed by atoms with E-state index in [1.807, 2.05) is 24.3 Å². The van der Waals surface area contributed by atoms with Crippen molar-refractivity contribution >= 4 is 17.4 Å². The molecule has 0 aromatic heterocycles. The van der Waals surface area contributed by atoms with Crippen LogP contribution in [-0.4, -0.2) is 19.1 Å². The van der Waals surface area contributed by atoms with Crippen molar-refractivity contribution in [1.82, 2.24) is 5.32 Å². The molecule has 0 aliphatic carbocycles. The van der Waals surface area contributed by atoms with Crippen LogP contribution in [0.1, 0.15) is 23.1 Å². The summed E-state index contributed by atoms with van der Waals surface area (Å²) in [7, 11) is 0. The van der Waals surface area contributed by atoms with Gasteiger partial charge in [-0.05, 0) is 42.3 Å². The largest absolute Gasteiger partial charge is 0.416 e. The molecular formula is C18H17F3N2S. The molecule has 2 nitrogen and oxygen atoms in total. The van der Waals surface area contributed by atoms with Crippen molar-refractivity contribution in [2.75, 3.05) is 18.4 Å². The van der Waals surface area contributed by atoms with E-state index in [1.54, 1.807) is 0 Å². The van der Waals surface area contributed by atoms with Crippen LogP contribution in [0.15, 0.2) is 46.2 Å². The van der Waals surface area contributed by atoms with Crippen LogP contribution >= 0.6 is 11.8 Å². The van der Waals surface area contributed by atoms with Crippen molar-refractivity contribution in [3.8, 4) is 0 Å². The Balaban J connectivity index is 1.77. The zero-order chi connectivity index (χ0) is 16.7. The van der Waals surface area contributed by atoms with Crippen LogP contribution in [0.4, 0.5) is 18.9 Å². The highest BCUT2D eigenvalue weighted by Crippen LogP contribution is 2.45. The topological polar surface area (TPSA) is 24.1 Å². The highest BCUT2D eigenvalue weighted by atomic mass is 32.2. The normalized spacial score (nSPS) is 19.7. The predicted octanol–water partition coefficient (Wildman–Crippen LogP) is 4.53. The summed E-state index contributed by atoms with van der Waals surface area (Å²) in [5, 5.41) is 6.58. The van der Waals surface area contributed by atoms with Gasteiger partial charge in [-0.2, -0.15) is 13.2 Å². The number of anilines is 1. The first kappa shape index (κ1) is 15.8. The number of alkyl halides is 3. The molecule has 0 amide bonds. The second kappa shape index (κ2) is 6.01. The molecule has 1 saturated heterocycles. The molecular weight excluding hydrogens is 333 g/mol. The lowest BCUT2D eigenvalue weighted by molar-refractivity contribution is -0.137. The van der Waals surface area contributed by atoms with Crippen LogP contribution < -0.4 is 10.6 Å². The maximum Gasteiger partial charge on any atom is 0.416 e. The zero-order valence-electron chi connectivity index (χ0n) is 12.9. The lowest BCUT2D eigenvalue weighted by Gasteiger charge is -2.25. The molecule has 0 radical (unpaired) electrons. The first-order valence-corrected chi connectivity index (χ1v) is 8.79. The van der Waals surface area contributed by atoms with Gasteiger partial charge in [0.25, 0.3) is 0 Å². The Morgan fingerprint density at radius 1 is 1.12 bits per heavy atom. The van der Waals surface area contributed by atoms with Crippen molar-refractivity contribution in [3.63, 3.8) is 0 Å². The summed E-state index contributed by atoms with van der Waals surface area (Å²) in [5.41, 5.74) is 2.18. The Hall–Kier alpha value is -1.66. The van der Waals surface area contributed by atoms with E-state index in [9.17, 15) is 13.2 Å². The molecule has 2 aliphatic rings. The molecule has 6 heteroatoms. The molecule has 126 valence electrons. The SMILES string of the molecule is FC(F)(F)c1cc(NC2CCNC2)c2c(c1)Sc1ccccc1C2. The number of halogens is 3. The van der Waals surface area contributed by atoms with Crippen molar-refractivity contribution in [1.29, 1.82) is 0 Å². The van der Waals surface area contributed by atoms with E-state index in [0.29, 0.717) is 17.0 Å². The minimum atomic E-state index is -4.34. The fraction of sp³-hybridized carbons (Fsp3) is 0.333. The average Bonchev–Trinajstić information content (AvgIpc) is 3.05. The van der Waals surface area contributed by atoms with E-state index < -0.39 is 11.7 Å².